The van der Waals surface area contributed by atoms with Gasteiger partial charge in [-0.25, -0.2) is 4.79 Å². The number of methoxy groups -OCH3 is 1. The Balaban J connectivity index is 1.41. The van der Waals surface area contributed by atoms with Crippen LogP contribution in [0.1, 0.15) is 56.6 Å². The van der Waals surface area contributed by atoms with Crippen molar-refractivity contribution in [2.24, 2.45) is 0 Å². The number of imide groups is 1. The van der Waals surface area contributed by atoms with Crippen molar-refractivity contribution in [3.63, 3.8) is 0 Å². The number of carbonyl (C=O) groups is 6. The Bertz CT molecular complexity index is 1300. The minimum atomic E-state index is -1.53. The maximum atomic E-state index is 12.8. The van der Waals surface area contributed by atoms with Crippen LogP contribution in [0.15, 0.2) is 30.4 Å². The van der Waals surface area contributed by atoms with Crippen LogP contribution in [-0.2, 0) is 51.3 Å². The average molecular weight is 647 g/mol. The average Bonchev–Trinajstić information content (AvgIpc) is 3.33. The second-order valence-corrected chi connectivity index (χ2v) is 11.3. The zero-order chi connectivity index (χ0) is 33.8. The van der Waals surface area contributed by atoms with E-state index in [0.29, 0.717) is 37.8 Å². The molecule has 46 heavy (non-hydrogen) atoms. The number of hydrogen-bond acceptors (Lipinski definition) is 10. The van der Waals surface area contributed by atoms with Crippen LogP contribution in [0.2, 0.25) is 0 Å². The number of rotatable bonds is 17. The highest BCUT2D eigenvalue weighted by Crippen LogP contribution is 2.26. The summed E-state index contributed by atoms with van der Waals surface area (Å²) in [5.41, 5.74) is 2.08. The molecule has 15 heteroatoms. The minimum Gasteiger partial charge on any atom is -0.479 e. The van der Waals surface area contributed by atoms with Crippen LogP contribution in [0.3, 0.4) is 0 Å². The zero-order valence-corrected chi connectivity index (χ0v) is 25.9. The van der Waals surface area contributed by atoms with Gasteiger partial charge >= 0.3 is 5.97 Å². The van der Waals surface area contributed by atoms with Crippen LogP contribution in [0, 0.1) is 0 Å². The van der Waals surface area contributed by atoms with Gasteiger partial charge in [0.15, 0.2) is 6.10 Å². The number of amides is 5. The normalized spacial score (nSPS) is 21.6. The number of hydrogen-bond donors (Lipinski definition) is 6. The lowest BCUT2D eigenvalue weighted by molar-refractivity contribution is -0.193. The Hall–Kier alpha value is -4.18. The molecule has 0 aliphatic carbocycles. The number of unbranched alkanes of at least 4 members (excludes halogenated alkanes) is 2. The molecule has 0 saturated carbocycles. The molecule has 1 fully saturated rings. The van der Waals surface area contributed by atoms with Gasteiger partial charge in [0.1, 0.15) is 12.1 Å². The van der Waals surface area contributed by atoms with Crippen molar-refractivity contribution >= 4 is 41.2 Å². The van der Waals surface area contributed by atoms with Crippen molar-refractivity contribution in [1.29, 1.82) is 0 Å². The van der Waals surface area contributed by atoms with E-state index in [1.807, 2.05) is 0 Å². The molecule has 0 radical (unpaired) electrons. The monoisotopic (exact) mass is 646 g/mol. The van der Waals surface area contributed by atoms with E-state index in [4.69, 9.17) is 9.47 Å². The van der Waals surface area contributed by atoms with E-state index in [0.717, 1.165) is 16.0 Å². The van der Waals surface area contributed by atoms with E-state index in [2.05, 4.69) is 16.0 Å². The molecule has 0 aromatic heterocycles. The number of ether oxygens (including phenoxy) is 2. The lowest BCUT2D eigenvalue weighted by Gasteiger charge is -2.35. The molecule has 5 atom stereocenters. The summed E-state index contributed by atoms with van der Waals surface area (Å²) in [4.78, 5) is 72.9. The Labute approximate surface area is 266 Å². The standard InChI is InChI=1S/C31H42N4O11/c1-18(33-25(38)16-32-24(37)6-4-3-5-13-35-26(39)11-12-27(35)40)30(42)34-21-9-7-20(17-45-2)19(14-21)8-10-22-15-23(36)28(41)29(46-22)31(43)44/h7,9,11-12,14,18,22-23,28-29,36,41H,3-6,8,10,13,15-17H2,1-2H3,(H,32,37)(H,33,38)(H,34,42)(H,43,44)/t18?,22?,23?,28-,29?/m0/s1. The first-order valence-corrected chi connectivity index (χ1v) is 15.1. The molecule has 2 aliphatic heterocycles. The number of aliphatic hydroxyl groups excluding tert-OH is 2. The largest absolute Gasteiger partial charge is 0.479 e. The third kappa shape index (κ3) is 10.7. The van der Waals surface area contributed by atoms with Crippen molar-refractivity contribution in [3.8, 4) is 0 Å². The predicted molar refractivity (Wildman–Crippen MR) is 162 cm³/mol. The quantitative estimate of drug-likeness (QED) is 0.0959. The number of anilines is 1. The van der Waals surface area contributed by atoms with Crippen molar-refractivity contribution in [2.45, 2.75) is 88.9 Å². The Morgan fingerprint density at radius 3 is 2.43 bits per heavy atom. The minimum absolute atomic E-state index is 0.0714. The van der Waals surface area contributed by atoms with Crippen LogP contribution in [0.4, 0.5) is 5.69 Å². The van der Waals surface area contributed by atoms with Gasteiger partial charge in [0, 0.05) is 44.3 Å². The third-order valence-corrected chi connectivity index (χ3v) is 7.70. The molecule has 6 N–H and O–H groups in total. The van der Waals surface area contributed by atoms with E-state index in [-0.39, 0.29) is 50.3 Å². The molecule has 5 amide bonds. The highest BCUT2D eigenvalue weighted by atomic mass is 16.5. The SMILES string of the molecule is COCc1ccc(NC(=O)C(C)NC(=O)CNC(=O)CCCCCN2C(=O)C=CC2=O)cc1CCC1CC(O)[C@H](O)C(C(=O)O)O1. The first-order valence-electron chi connectivity index (χ1n) is 15.1. The summed E-state index contributed by atoms with van der Waals surface area (Å²) < 4.78 is 10.8. The Morgan fingerprint density at radius 1 is 1.04 bits per heavy atom. The lowest BCUT2D eigenvalue weighted by atomic mass is 9.93. The van der Waals surface area contributed by atoms with Gasteiger partial charge in [0.25, 0.3) is 11.8 Å². The summed E-state index contributed by atoms with van der Waals surface area (Å²) in [6, 6.07) is 4.27. The number of carboxylic acids is 1. The first-order chi connectivity index (χ1) is 21.9. The summed E-state index contributed by atoms with van der Waals surface area (Å²) in [6.07, 6.45) is 0.247. The fourth-order valence-electron chi connectivity index (χ4n) is 5.15. The van der Waals surface area contributed by atoms with Gasteiger partial charge in [-0.2, -0.15) is 0 Å². The second kappa shape index (κ2) is 17.5. The maximum Gasteiger partial charge on any atom is 0.335 e. The Kier molecular flexibility index (Phi) is 13.8. The Morgan fingerprint density at radius 2 is 1.76 bits per heavy atom. The predicted octanol–water partition coefficient (Wildman–Crippen LogP) is -0.226. The molecular formula is C31H42N4O11. The van der Waals surface area contributed by atoms with E-state index in [9.17, 15) is 44.1 Å². The molecule has 2 heterocycles. The molecule has 3 rings (SSSR count). The molecule has 1 saturated heterocycles. The van der Waals surface area contributed by atoms with Gasteiger partial charge in [0.2, 0.25) is 17.7 Å². The molecule has 1 aromatic rings. The summed E-state index contributed by atoms with van der Waals surface area (Å²) in [5.74, 6) is -3.43. The number of aliphatic hydroxyl groups is 2. The number of nitrogens with one attached hydrogen (secondary N) is 3. The molecule has 4 unspecified atom stereocenters. The molecule has 1 aromatic carbocycles. The van der Waals surface area contributed by atoms with E-state index in [1.165, 1.54) is 26.2 Å². The van der Waals surface area contributed by atoms with E-state index >= 15 is 0 Å². The molecule has 0 bridgehead atoms. The molecule has 0 spiro atoms. The number of nitrogens with zero attached hydrogens (tertiary/aromatic N) is 1. The van der Waals surface area contributed by atoms with E-state index in [1.54, 1.807) is 18.2 Å². The maximum absolute atomic E-state index is 12.8. The number of aliphatic carboxylic acids is 1. The number of carboxylic acid groups (broad SMARTS) is 1. The number of benzene rings is 1. The third-order valence-electron chi connectivity index (χ3n) is 7.70. The van der Waals surface area contributed by atoms with Gasteiger partial charge in [-0.1, -0.05) is 12.5 Å². The smallest absolute Gasteiger partial charge is 0.335 e. The second-order valence-electron chi connectivity index (χ2n) is 11.3. The molecule has 15 nitrogen and oxygen atoms in total. The van der Waals surface area contributed by atoms with Crippen molar-refractivity contribution in [3.05, 3.63) is 41.5 Å². The first kappa shape index (κ1) is 36.3. The van der Waals surface area contributed by atoms with Crippen molar-refractivity contribution in [2.75, 3.05) is 25.5 Å². The summed E-state index contributed by atoms with van der Waals surface area (Å²) in [5, 5.41) is 37.1. The van der Waals surface area contributed by atoms with Crippen molar-refractivity contribution in [1.82, 2.24) is 15.5 Å². The summed E-state index contributed by atoms with van der Waals surface area (Å²) >= 11 is 0. The number of carbonyl (C=O) groups excluding carboxylic acids is 5. The number of aryl methyl sites for hydroxylation is 1. The fourth-order valence-corrected chi connectivity index (χ4v) is 5.15. The highest BCUT2D eigenvalue weighted by molar-refractivity contribution is 6.12. The van der Waals surface area contributed by atoms with E-state index < -0.39 is 48.2 Å². The van der Waals surface area contributed by atoms with Crippen molar-refractivity contribution < 1.29 is 53.6 Å². The van der Waals surface area contributed by atoms with Crippen LogP contribution >= 0.6 is 0 Å². The fraction of sp³-hybridized carbons (Fsp3) is 0.548. The van der Waals surface area contributed by atoms with Gasteiger partial charge in [-0.3, -0.25) is 28.9 Å². The van der Waals surface area contributed by atoms with Gasteiger partial charge in [-0.05, 0) is 55.9 Å². The topological polar surface area (TPSA) is 221 Å². The lowest BCUT2D eigenvalue weighted by Crippen LogP contribution is -2.51. The van der Waals surface area contributed by atoms with Gasteiger partial charge in [0.05, 0.1) is 25.4 Å². The zero-order valence-electron chi connectivity index (χ0n) is 25.9. The van der Waals surface area contributed by atoms with Crippen LogP contribution < -0.4 is 16.0 Å². The van der Waals surface area contributed by atoms with Crippen LogP contribution in [0.25, 0.3) is 0 Å². The van der Waals surface area contributed by atoms with Crippen LogP contribution in [-0.4, -0.2) is 106 Å². The molecular weight excluding hydrogens is 604 g/mol. The highest BCUT2D eigenvalue weighted by Gasteiger charge is 2.40. The summed E-state index contributed by atoms with van der Waals surface area (Å²) in [7, 11) is 1.54. The molecule has 252 valence electrons. The van der Waals surface area contributed by atoms with Gasteiger partial charge < -0.3 is 40.7 Å². The van der Waals surface area contributed by atoms with Crippen LogP contribution in [0.5, 0.6) is 0 Å². The summed E-state index contributed by atoms with van der Waals surface area (Å²) in [6.45, 7) is 1.76. The van der Waals surface area contributed by atoms with Gasteiger partial charge in [-0.15, -0.1) is 0 Å². The molecule has 2 aliphatic rings.